The van der Waals surface area contributed by atoms with E-state index in [-0.39, 0.29) is 0 Å². The van der Waals surface area contributed by atoms with E-state index in [2.05, 4.69) is 71.2 Å². The lowest BCUT2D eigenvalue weighted by Crippen LogP contribution is -2.07. The van der Waals surface area contributed by atoms with Crippen LogP contribution in [0.5, 0.6) is 5.75 Å². The Morgan fingerprint density at radius 2 is 1.90 bits per heavy atom. The molecule has 7 heteroatoms. The zero-order valence-corrected chi connectivity index (χ0v) is 19.0. The fraction of sp³-hybridized carbons (Fsp3) is 0.261. The van der Waals surface area contributed by atoms with Crippen LogP contribution in [0.25, 0.3) is 10.6 Å². The van der Waals surface area contributed by atoms with E-state index >= 15 is 0 Å². The lowest BCUT2D eigenvalue weighted by atomic mass is 10.1. The molecule has 0 N–H and O–H groups in total. The number of thioether (sulfide) groups is 1. The maximum Gasteiger partial charge on any atom is 0.191 e. The van der Waals surface area contributed by atoms with Crippen LogP contribution in [0.2, 0.25) is 0 Å². The number of ether oxygens (including phenoxy) is 1. The lowest BCUT2D eigenvalue weighted by molar-refractivity contribution is 0.286. The number of rotatable bonds is 8. The van der Waals surface area contributed by atoms with Gasteiger partial charge in [0.15, 0.2) is 11.0 Å². The molecule has 0 unspecified atom stereocenters. The minimum Gasteiger partial charge on any atom is -0.485 e. The van der Waals surface area contributed by atoms with E-state index in [9.17, 15) is 0 Å². The summed E-state index contributed by atoms with van der Waals surface area (Å²) < 4.78 is 8.14. The van der Waals surface area contributed by atoms with E-state index in [0.717, 1.165) is 50.9 Å². The third-order valence-corrected chi connectivity index (χ3v) is 6.67. The molecule has 0 fully saturated rings. The van der Waals surface area contributed by atoms with Crippen LogP contribution in [0.1, 0.15) is 29.6 Å². The summed E-state index contributed by atoms with van der Waals surface area (Å²) in [5, 5.41) is 12.8. The van der Waals surface area contributed by atoms with Crippen molar-refractivity contribution in [3.63, 3.8) is 0 Å². The average Bonchev–Trinajstić information content (AvgIpc) is 3.40. The Labute approximate surface area is 185 Å². The molecule has 0 atom stereocenters. The highest BCUT2D eigenvalue weighted by atomic mass is 32.2. The Hall–Kier alpha value is -2.64. The minimum absolute atomic E-state index is 0.403. The Bertz CT molecular complexity index is 1120. The second-order valence-corrected chi connectivity index (χ2v) is 8.80. The normalized spacial score (nSPS) is 11.0. The molecule has 4 rings (SSSR count). The minimum atomic E-state index is 0.403. The monoisotopic (exact) mass is 436 g/mol. The van der Waals surface area contributed by atoms with Gasteiger partial charge in [-0.3, -0.25) is 0 Å². The second kappa shape index (κ2) is 9.45. The predicted molar refractivity (Wildman–Crippen MR) is 123 cm³/mol. The lowest BCUT2D eigenvalue weighted by Gasteiger charge is -2.11. The largest absolute Gasteiger partial charge is 0.485 e. The van der Waals surface area contributed by atoms with Gasteiger partial charge in [0.1, 0.15) is 17.4 Å². The third kappa shape index (κ3) is 4.74. The molecule has 0 spiro atoms. The van der Waals surface area contributed by atoms with Gasteiger partial charge < -0.3 is 9.30 Å². The molecule has 0 radical (unpaired) electrons. The first-order valence-corrected chi connectivity index (χ1v) is 11.8. The van der Waals surface area contributed by atoms with Gasteiger partial charge >= 0.3 is 0 Å². The Balaban J connectivity index is 1.41. The molecule has 5 nitrogen and oxygen atoms in total. The molecule has 0 amide bonds. The number of hydrogen-bond acceptors (Lipinski definition) is 6. The summed E-state index contributed by atoms with van der Waals surface area (Å²) in [7, 11) is 0. The van der Waals surface area contributed by atoms with Crippen molar-refractivity contribution in [1.82, 2.24) is 19.7 Å². The molecule has 0 aliphatic rings. The van der Waals surface area contributed by atoms with Gasteiger partial charge in [-0.2, -0.15) is 0 Å². The number of thiazole rings is 1. The smallest absolute Gasteiger partial charge is 0.191 e. The molecule has 2 heterocycles. The SMILES string of the molecule is CCn1c(COc2cc(C)ccc2C)nnc1SCc1csc(-c2ccccc2)n1. The standard InChI is InChI=1S/C23H24N4OS2/c1-4-27-21(13-28-20-12-16(2)10-11-17(20)3)25-26-23(27)30-15-19-14-29-22(24-19)18-8-6-5-7-9-18/h5-12,14H,4,13,15H2,1-3H3. The molecule has 30 heavy (non-hydrogen) atoms. The van der Waals surface area contributed by atoms with Crippen LogP contribution in [0, 0.1) is 13.8 Å². The molecule has 154 valence electrons. The van der Waals surface area contributed by atoms with Gasteiger partial charge in [-0.05, 0) is 38.0 Å². The summed E-state index contributed by atoms with van der Waals surface area (Å²) >= 11 is 3.33. The Kier molecular flexibility index (Phi) is 6.50. The van der Waals surface area contributed by atoms with Crippen molar-refractivity contribution in [1.29, 1.82) is 0 Å². The fourth-order valence-electron chi connectivity index (χ4n) is 3.08. The van der Waals surface area contributed by atoms with Crippen LogP contribution in [-0.4, -0.2) is 19.7 Å². The van der Waals surface area contributed by atoms with Crippen LogP contribution in [0.4, 0.5) is 0 Å². The summed E-state index contributed by atoms with van der Waals surface area (Å²) in [6.07, 6.45) is 0. The molecular formula is C23H24N4OS2. The van der Waals surface area contributed by atoms with Gasteiger partial charge in [0.25, 0.3) is 0 Å². The van der Waals surface area contributed by atoms with E-state index in [4.69, 9.17) is 9.72 Å². The Morgan fingerprint density at radius 1 is 1.07 bits per heavy atom. The van der Waals surface area contributed by atoms with Gasteiger partial charge in [0, 0.05) is 23.2 Å². The zero-order valence-electron chi connectivity index (χ0n) is 17.3. The van der Waals surface area contributed by atoms with Gasteiger partial charge in [0.2, 0.25) is 0 Å². The van der Waals surface area contributed by atoms with Crippen molar-refractivity contribution in [2.45, 2.75) is 44.8 Å². The van der Waals surface area contributed by atoms with Crippen LogP contribution in [-0.2, 0) is 18.9 Å². The van der Waals surface area contributed by atoms with E-state index < -0.39 is 0 Å². The van der Waals surface area contributed by atoms with Gasteiger partial charge in [-0.1, -0.05) is 54.2 Å². The molecule has 0 bridgehead atoms. The number of hydrogen-bond donors (Lipinski definition) is 0. The third-order valence-electron chi connectivity index (χ3n) is 4.73. The molecule has 2 aromatic heterocycles. The van der Waals surface area contributed by atoms with Crippen molar-refractivity contribution in [3.8, 4) is 16.3 Å². The molecule has 0 saturated heterocycles. The van der Waals surface area contributed by atoms with Crippen molar-refractivity contribution < 1.29 is 4.74 Å². The highest BCUT2D eigenvalue weighted by Gasteiger charge is 2.14. The van der Waals surface area contributed by atoms with Gasteiger partial charge in [-0.15, -0.1) is 21.5 Å². The quantitative estimate of drug-likeness (QED) is 0.321. The van der Waals surface area contributed by atoms with E-state index in [1.807, 2.05) is 18.2 Å². The van der Waals surface area contributed by atoms with Crippen LogP contribution < -0.4 is 4.74 Å². The van der Waals surface area contributed by atoms with Crippen LogP contribution in [0.3, 0.4) is 0 Å². The maximum absolute atomic E-state index is 6.03. The number of nitrogens with zero attached hydrogens (tertiary/aromatic N) is 4. The molecule has 0 aliphatic carbocycles. The number of benzene rings is 2. The zero-order chi connectivity index (χ0) is 20.9. The topological polar surface area (TPSA) is 52.8 Å². The van der Waals surface area contributed by atoms with Crippen LogP contribution >= 0.6 is 23.1 Å². The number of aryl methyl sites for hydroxylation is 2. The first-order valence-electron chi connectivity index (χ1n) is 9.88. The summed E-state index contributed by atoms with van der Waals surface area (Å²) in [4.78, 5) is 4.77. The van der Waals surface area contributed by atoms with Gasteiger partial charge in [0.05, 0.1) is 5.69 Å². The van der Waals surface area contributed by atoms with Crippen molar-refractivity contribution in [2.24, 2.45) is 0 Å². The molecule has 2 aromatic carbocycles. The first kappa shape index (κ1) is 20.6. The Morgan fingerprint density at radius 3 is 2.70 bits per heavy atom. The number of aromatic nitrogens is 4. The second-order valence-electron chi connectivity index (χ2n) is 7.00. The fourth-order valence-corrected chi connectivity index (χ4v) is 4.93. The maximum atomic E-state index is 6.03. The van der Waals surface area contributed by atoms with E-state index in [1.165, 1.54) is 5.56 Å². The average molecular weight is 437 g/mol. The van der Waals surface area contributed by atoms with Crippen molar-refractivity contribution >= 4 is 23.1 Å². The van der Waals surface area contributed by atoms with Gasteiger partial charge in [-0.25, -0.2) is 4.98 Å². The summed E-state index contributed by atoms with van der Waals surface area (Å²) in [6, 6.07) is 16.5. The summed E-state index contributed by atoms with van der Waals surface area (Å²) in [6.45, 7) is 7.42. The molecular weight excluding hydrogens is 412 g/mol. The van der Waals surface area contributed by atoms with E-state index in [0.29, 0.717) is 6.61 Å². The first-order chi connectivity index (χ1) is 14.6. The highest BCUT2D eigenvalue weighted by molar-refractivity contribution is 7.98. The van der Waals surface area contributed by atoms with E-state index in [1.54, 1.807) is 23.1 Å². The van der Waals surface area contributed by atoms with Crippen molar-refractivity contribution in [3.05, 3.63) is 76.6 Å². The molecule has 0 aliphatic heterocycles. The summed E-state index contributed by atoms with van der Waals surface area (Å²) in [5.41, 5.74) is 4.52. The van der Waals surface area contributed by atoms with Crippen LogP contribution in [0.15, 0.2) is 59.1 Å². The highest BCUT2D eigenvalue weighted by Crippen LogP contribution is 2.28. The van der Waals surface area contributed by atoms with Crippen molar-refractivity contribution in [2.75, 3.05) is 0 Å². The molecule has 4 aromatic rings. The summed E-state index contributed by atoms with van der Waals surface area (Å²) in [5.74, 6) is 2.49. The molecule has 0 saturated carbocycles. The predicted octanol–water partition coefficient (Wildman–Crippen LogP) is 5.91.